The van der Waals surface area contributed by atoms with E-state index < -0.39 is 0 Å². The third kappa shape index (κ3) is 3.94. The highest BCUT2D eigenvalue weighted by molar-refractivity contribution is 5.77. The second-order valence-corrected chi connectivity index (χ2v) is 7.67. The molecule has 0 bridgehead atoms. The van der Waals surface area contributed by atoms with Gasteiger partial charge in [-0.2, -0.15) is 0 Å². The van der Waals surface area contributed by atoms with E-state index in [1.165, 1.54) is 36.9 Å². The molecule has 0 radical (unpaired) electrons. The van der Waals surface area contributed by atoms with E-state index in [9.17, 15) is 0 Å². The largest absolute Gasteiger partial charge is 0.486 e. The molecular formula is C23H27NO2. The van der Waals surface area contributed by atoms with Crippen molar-refractivity contribution in [3.8, 4) is 5.75 Å². The van der Waals surface area contributed by atoms with Crippen molar-refractivity contribution < 1.29 is 9.15 Å². The quantitative estimate of drug-likeness (QED) is 0.621. The SMILES string of the molecule is CN(C)CCC1CCc2cc(OCc3cc4ccccc4o3)ccc2C1. The lowest BCUT2D eigenvalue weighted by Crippen LogP contribution is -2.21. The van der Waals surface area contributed by atoms with Gasteiger partial charge in [0.05, 0.1) is 0 Å². The number of ether oxygens (including phenoxy) is 1. The molecular weight excluding hydrogens is 322 g/mol. The van der Waals surface area contributed by atoms with Gasteiger partial charge < -0.3 is 14.1 Å². The summed E-state index contributed by atoms with van der Waals surface area (Å²) in [4.78, 5) is 2.28. The minimum Gasteiger partial charge on any atom is -0.486 e. The van der Waals surface area contributed by atoms with Gasteiger partial charge in [0.2, 0.25) is 0 Å². The van der Waals surface area contributed by atoms with Crippen molar-refractivity contribution in [3.05, 3.63) is 65.4 Å². The lowest BCUT2D eigenvalue weighted by molar-refractivity contribution is 0.273. The van der Waals surface area contributed by atoms with E-state index in [1.54, 1.807) is 0 Å². The van der Waals surface area contributed by atoms with E-state index in [0.29, 0.717) is 6.61 Å². The first-order valence-corrected chi connectivity index (χ1v) is 9.54. The Bertz CT molecular complexity index is 848. The summed E-state index contributed by atoms with van der Waals surface area (Å²) in [5.74, 6) is 2.62. The molecule has 4 rings (SSSR count). The number of rotatable bonds is 6. The van der Waals surface area contributed by atoms with Crippen LogP contribution in [-0.4, -0.2) is 25.5 Å². The van der Waals surface area contributed by atoms with Gasteiger partial charge in [0.15, 0.2) is 0 Å². The van der Waals surface area contributed by atoms with Crippen molar-refractivity contribution in [1.82, 2.24) is 4.90 Å². The number of benzene rings is 2. The maximum atomic E-state index is 5.99. The molecule has 2 aromatic carbocycles. The number of hydrogen-bond acceptors (Lipinski definition) is 3. The van der Waals surface area contributed by atoms with Crippen molar-refractivity contribution in [2.75, 3.05) is 20.6 Å². The molecule has 0 aliphatic heterocycles. The van der Waals surface area contributed by atoms with Crippen LogP contribution in [0, 0.1) is 5.92 Å². The fraction of sp³-hybridized carbons (Fsp3) is 0.391. The molecule has 0 amide bonds. The monoisotopic (exact) mass is 349 g/mol. The van der Waals surface area contributed by atoms with Crippen LogP contribution in [0.3, 0.4) is 0 Å². The summed E-state index contributed by atoms with van der Waals surface area (Å²) in [6.07, 6.45) is 4.94. The van der Waals surface area contributed by atoms with Crippen LogP contribution >= 0.6 is 0 Å². The summed E-state index contributed by atoms with van der Waals surface area (Å²) in [6.45, 7) is 1.65. The molecule has 3 heteroatoms. The summed E-state index contributed by atoms with van der Waals surface area (Å²) in [5.41, 5.74) is 3.87. The average Bonchev–Trinajstić information content (AvgIpc) is 3.07. The summed E-state index contributed by atoms with van der Waals surface area (Å²) < 4.78 is 11.8. The Labute approximate surface area is 155 Å². The van der Waals surface area contributed by atoms with Crippen molar-refractivity contribution in [1.29, 1.82) is 0 Å². The van der Waals surface area contributed by atoms with Crippen LogP contribution in [0.25, 0.3) is 11.0 Å². The van der Waals surface area contributed by atoms with E-state index in [-0.39, 0.29) is 0 Å². The minimum atomic E-state index is 0.471. The Morgan fingerprint density at radius 3 is 2.81 bits per heavy atom. The van der Waals surface area contributed by atoms with E-state index in [2.05, 4.69) is 49.3 Å². The van der Waals surface area contributed by atoms with Crippen LogP contribution in [0.4, 0.5) is 0 Å². The van der Waals surface area contributed by atoms with Crippen molar-refractivity contribution in [2.45, 2.75) is 32.3 Å². The Kier molecular flexibility index (Phi) is 4.98. The molecule has 1 aliphatic rings. The highest BCUT2D eigenvalue weighted by Gasteiger charge is 2.19. The van der Waals surface area contributed by atoms with Gasteiger partial charge in [-0.25, -0.2) is 0 Å². The molecule has 136 valence electrons. The third-order valence-corrected chi connectivity index (χ3v) is 5.35. The zero-order valence-electron chi connectivity index (χ0n) is 15.7. The first-order valence-electron chi connectivity index (χ1n) is 9.54. The summed E-state index contributed by atoms with van der Waals surface area (Å²) in [7, 11) is 4.31. The molecule has 3 nitrogen and oxygen atoms in total. The minimum absolute atomic E-state index is 0.471. The van der Waals surface area contributed by atoms with Crippen molar-refractivity contribution in [3.63, 3.8) is 0 Å². The molecule has 3 aromatic rings. The average molecular weight is 349 g/mol. The number of hydrogen-bond donors (Lipinski definition) is 0. The molecule has 0 N–H and O–H groups in total. The maximum Gasteiger partial charge on any atom is 0.146 e. The fourth-order valence-corrected chi connectivity index (χ4v) is 3.85. The second kappa shape index (κ2) is 7.55. The van der Waals surface area contributed by atoms with Gasteiger partial charge in [0, 0.05) is 5.39 Å². The normalized spacial score (nSPS) is 16.8. The van der Waals surface area contributed by atoms with Gasteiger partial charge in [-0.1, -0.05) is 24.3 Å². The molecule has 1 atom stereocenters. The number of aryl methyl sites for hydroxylation is 1. The number of para-hydroxylation sites is 1. The van der Waals surface area contributed by atoms with Crippen LogP contribution in [-0.2, 0) is 19.4 Å². The van der Waals surface area contributed by atoms with Gasteiger partial charge >= 0.3 is 0 Å². The smallest absolute Gasteiger partial charge is 0.146 e. The summed E-state index contributed by atoms with van der Waals surface area (Å²) >= 11 is 0. The Balaban J connectivity index is 1.38. The molecule has 1 aromatic heterocycles. The van der Waals surface area contributed by atoms with E-state index >= 15 is 0 Å². The van der Waals surface area contributed by atoms with Crippen LogP contribution < -0.4 is 4.74 Å². The third-order valence-electron chi connectivity index (χ3n) is 5.35. The highest BCUT2D eigenvalue weighted by atomic mass is 16.5. The van der Waals surface area contributed by atoms with Crippen LogP contribution in [0.15, 0.2) is 52.9 Å². The molecule has 1 unspecified atom stereocenters. The second-order valence-electron chi connectivity index (χ2n) is 7.67. The molecule has 0 spiro atoms. The van der Waals surface area contributed by atoms with Crippen molar-refractivity contribution in [2.24, 2.45) is 5.92 Å². The zero-order chi connectivity index (χ0) is 17.9. The van der Waals surface area contributed by atoms with Crippen LogP contribution in [0.1, 0.15) is 29.7 Å². The Hall–Kier alpha value is -2.26. The predicted octanol–water partition coefficient (Wildman–Crippen LogP) is 5.07. The van der Waals surface area contributed by atoms with Gasteiger partial charge in [-0.15, -0.1) is 0 Å². The molecule has 0 saturated heterocycles. The predicted molar refractivity (Wildman–Crippen MR) is 106 cm³/mol. The van der Waals surface area contributed by atoms with Crippen LogP contribution in [0.5, 0.6) is 5.75 Å². The molecule has 1 heterocycles. The lowest BCUT2D eigenvalue weighted by Gasteiger charge is -2.26. The van der Waals surface area contributed by atoms with E-state index in [4.69, 9.17) is 9.15 Å². The first kappa shape index (κ1) is 17.2. The summed E-state index contributed by atoms with van der Waals surface area (Å²) in [6, 6.07) is 16.7. The highest BCUT2D eigenvalue weighted by Crippen LogP contribution is 2.30. The molecule has 0 fully saturated rings. The Morgan fingerprint density at radius 2 is 1.96 bits per heavy atom. The maximum absolute atomic E-state index is 5.99. The Morgan fingerprint density at radius 1 is 1.08 bits per heavy atom. The number of fused-ring (bicyclic) bond motifs is 2. The van der Waals surface area contributed by atoms with Gasteiger partial charge in [-0.05, 0) is 87.6 Å². The molecule has 0 saturated carbocycles. The number of nitrogens with zero attached hydrogens (tertiary/aromatic N) is 1. The van der Waals surface area contributed by atoms with Crippen molar-refractivity contribution >= 4 is 11.0 Å². The molecule has 1 aliphatic carbocycles. The van der Waals surface area contributed by atoms with Gasteiger partial charge in [-0.3, -0.25) is 0 Å². The first-order chi connectivity index (χ1) is 12.7. The van der Waals surface area contributed by atoms with Gasteiger partial charge in [0.1, 0.15) is 23.7 Å². The molecule has 26 heavy (non-hydrogen) atoms. The fourth-order valence-electron chi connectivity index (χ4n) is 3.85. The van der Waals surface area contributed by atoms with E-state index in [1.807, 2.05) is 18.2 Å². The standard InChI is InChI=1S/C23H27NO2/c1-24(2)12-11-17-7-8-19-14-21(10-9-18(19)13-17)25-16-22-15-20-5-3-4-6-23(20)26-22/h3-6,9-10,14-15,17H,7-8,11-13,16H2,1-2H3. The lowest BCUT2D eigenvalue weighted by atomic mass is 9.82. The topological polar surface area (TPSA) is 25.6 Å². The van der Waals surface area contributed by atoms with Crippen LogP contribution in [0.2, 0.25) is 0 Å². The van der Waals surface area contributed by atoms with Gasteiger partial charge in [0.25, 0.3) is 0 Å². The number of furan rings is 1. The zero-order valence-corrected chi connectivity index (χ0v) is 15.7. The van der Waals surface area contributed by atoms with E-state index in [0.717, 1.165) is 34.8 Å². The summed E-state index contributed by atoms with van der Waals surface area (Å²) in [5, 5.41) is 1.13.